The zero-order valence-corrected chi connectivity index (χ0v) is 16.7. The van der Waals surface area contributed by atoms with E-state index in [1.807, 2.05) is 13.8 Å². The molecule has 2 nitrogen and oxygen atoms in total. The van der Waals surface area contributed by atoms with Crippen LogP contribution in [0.1, 0.15) is 81.8 Å². The van der Waals surface area contributed by atoms with E-state index in [9.17, 15) is 17.6 Å². The molecule has 0 aromatic heterocycles. The Morgan fingerprint density at radius 2 is 1.54 bits per heavy atom. The predicted octanol–water partition coefficient (Wildman–Crippen LogP) is 6.54. The summed E-state index contributed by atoms with van der Waals surface area (Å²) < 4.78 is 70.1. The minimum Gasteiger partial charge on any atom is -0.352 e. The number of ether oxygens (including phenoxy) is 2. The van der Waals surface area contributed by atoms with E-state index in [1.54, 1.807) is 0 Å². The van der Waals surface area contributed by atoms with Gasteiger partial charge in [-0.1, -0.05) is 45.2 Å². The summed E-state index contributed by atoms with van der Waals surface area (Å²) in [7, 11) is 0. The van der Waals surface area contributed by atoms with Gasteiger partial charge in [0.05, 0.1) is 19.1 Å². The lowest BCUT2D eigenvalue weighted by atomic mass is 9.74. The lowest BCUT2D eigenvalue weighted by Crippen LogP contribution is -2.35. The lowest BCUT2D eigenvalue weighted by Gasteiger charge is -2.36. The summed E-state index contributed by atoms with van der Waals surface area (Å²) >= 11 is 0. The number of benzene rings is 1. The first-order chi connectivity index (χ1) is 13.4. The molecule has 1 aliphatic carbocycles. The van der Waals surface area contributed by atoms with Crippen LogP contribution in [0.15, 0.2) is 12.1 Å². The molecule has 1 aromatic carbocycles. The maximum absolute atomic E-state index is 14.8. The molecule has 2 unspecified atom stereocenters. The molecule has 2 fully saturated rings. The monoisotopic (exact) mass is 402 g/mol. The van der Waals surface area contributed by atoms with Gasteiger partial charge in [0.15, 0.2) is 17.9 Å². The van der Waals surface area contributed by atoms with E-state index in [0.717, 1.165) is 25.7 Å². The molecule has 0 bridgehead atoms. The van der Waals surface area contributed by atoms with Crippen molar-refractivity contribution in [2.75, 3.05) is 13.2 Å². The highest BCUT2D eigenvalue weighted by atomic mass is 19.3. The average Bonchev–Trinajstić information content (AvgIpc) is 2.65. The van der Waals surface area contributed by atoms with E-state index in [1.165, 1.54) is 12.1 Å². The summed E-state index contributed by atoms with van der Waals surface area (Å²) in [5, 5.41) is 0. The molecule has 0 N–H and O–H groups in total. The van der Waals surface area contributed by atoms with Gasteiger partial charge in [-0.25, -0.2) is 17.6 Å². The first-order valence-electron chi connectivity index (χ1n) is 10.5. The molecule has 158 valence electrons. The summed E-state index contributed by atoms with van der Waals surface area (Å²) in [4.78, 5) is 0. The van der Waals surface area contributed by atoms with Crippen LogP contribution in [0.3, 0.4) is 0 Å². The van der Waals surface area contributed by atoms with Gasteiger partial charge in [0.2, 0.25) is 0 Å². The van der Waals surface area contributed by atoms with E-state index >= 15 is 0 Å². The van der Waals surface area contributed by atoms with E-state index < -0.39 is 29.4 Å². The summed E-state index contributed by atoms with van der Waals surface area (Å²) in [5.41, 5.74) is -0.0677. The molecule has 2 atom stereocenters. The van der Waals surface area contributed by atoms with Crippen molar-refractivity contribution >= 4 is 0 Å². The Bertz CT molecular complexity index is 656. The molecule has 1 saturated carbocycles. The average molecular weight is 402 g/mol. The lowest BCUT2D eigenvalue weighted by molar-refractivity contribution is -0.190. The summed E-state index contributed by atoms with van der Waals surface area (Å²) in [6.07, 6.45) is 3.50. The van der Waals surface area contributed by atoms with Gasteiger partial charge < -0.3 is 9.47 Å². The van der Waals surface area contributed by atoms with Crippen LogP contribution in [0.2, 0.25) is 0 Å². The van der Waals surface area contributed by atoms with Crippen LogP contribution in [-0.2, 0) is 9.47 Å². The Morgan fingerprint density at radius 1 is 0.929 bits per heavy atom. The minimum absolute atomic E-state index is 0.0453. The molecule has 3 rings (SSSR count). The van der Waals surface area contributed by atoms with Crippen LogP contribution in [0.4, 0.5) is 17.6 Å². The van der Waals surface area contributed by atoms with Gasteiger partial charge in [0.25, 0.3) is 5.92 Å². The molecule has 0 radical (unpaired) electrons. The molecule has 1 aliphatic heterocycles. The van der Waals surface area contributed by atoms with E-state index in [0.29, 0.717) is 6.42 Å². The Balaban J connectivity index is 1.76. The molecule has 2 aliphatic rings. The predicted molar refractivity (Wildman–Crippen MR) is 99.6 cm³/mol. The molecule has 1 aromatic rings. The molecule has 1 saturated heterocycles. The highest BCUT2D eigenvalue weighted by Crippen LogP contribution is 2.49. The number of alkyl halides is 2. The zero-order chi connectivity index (χ0) is 20.3. The largest absolute Gasteiger partial charge is 0.352 e. The highest BCUT2D eigenvalue weighted by Gasteiger charge is 2.47. The summed E-state index contributed by atoms with van der Waals surface area (Å²) in [6, 6.07) is 2.77. The van der Waals surface area contributed by atoms with Gasteiger partial charge >= 0.3 is 0 Å². The standard InChI is InChI=1S/C22H30F4O2/c1-3-5-14-7-10-18(22(25,26)11-14)17-9-8-16(20(23)21(17)24)15-12-27-19(6-4-2)28-13-15/h8-9,14-15,18-19H,3-7,10-13H2,1-2H3. The summed E-state index contributed by atoms with van der Waals surface area (Å²) in [6.45, 7) is 4.45. The van der Waals surface area contributed by atoms with Gasteiger partial charge in [0, 0.05) is 12.3 Å². The van der Waals surface area contributed by atoms with E-state index in [4.69, 9.17) is 9.47 Å². The Labute approximate surface area is 164 Å². The van der Waals surface area contributed by atoms with Gasteiger partial charge in [-0.15, -0.1) is 0 Å². The third-order valence-electron chi connectivity index (χ3n) is 6.08. The van der Waals surface area contributed by atoms with Crippen molar-refractivity contribution in [3.8, 4) is 0 Å². The fourth-order valence-corrected chi connectivity index (χ4v) is 4.57. The third kappa shape index (κ3) is 4.54. The van der Waals surface area contributed by atoms with Crippen molar-refractivity contribution in [2.45, 2.75) is 82.8 Å². The van der Waals surface area contributed by atoms with Crippen molar-refractivity contribution in [1.29, 1.82) is 0 Å². The van der Waals surface area contributed by atoms with Crippen molar-refractivity contribution in [3.05, 3.63) is 34.9 Å². The van der Waals surface area contributed by atoms with Crippen LogP contribution < -0.4 is 0 Å². The van der Waals surface area contributed by atoms with Gasteiger partial charge in [-0.05, 0) is 36.3 Å². The second-order valence-corrected chi connectivity index (χ2v) is 8.20. The highest BCUT2D eigenvalue weighted by molar-refractivity contribution is 5.33. The molecule has 0 amide bonds. The third-order valence-corrected chi connectivity index (χ3v) is 6.08. The Kier molecular flexibility index (Phi) is 7.02. The quantitative estimate of drug-likeness (QED) is 0.503. The minimum atomic E-state index is -3.02. The van der Waals surface area contributed by atoms with Crippen molar-refractivity contribution in [3.63, 3.8) is 0 Å². The zero-order valence-electron chi connectivity index (χ0n) is 16.7. The topological polar surface area (TPSA) is 18.5 Å². The molecular weight excluding hydrogens is 372 g/mol. The van der Waals surface area contributed by atoms with Crippen LogP contribution in [0, 0.1) is 17.6 Å². The first kappa shape index (κ1) is 21.6. The van der Waals surface area contributed by atoms with Crippen LogP contribution in [0.5, 0.6) is 0 Å². The van der Waals surface area contributed by atoms with Gasteiger partial charge in [-0.2, -0.15) is 0 Å². The maximum atomic E-state index is 14.8. The van der Waals surface area contributed by atoms with Crippen molar-refractivity contribution in [1.82, 2.24) is 0 Å². The Morgan fingerprint density at radius 3 is 2.14 bits per heavy atom. The number of hydrogen-bond acceptors (Lipinski definition) is 2. The van der Waals surface area contributed by atoms with Gasteiger partial charge in [-0.3, -0.25) is 0 Å². The molecule has 28 heavy (non-hydrogen) atoms. The molecular formula is C22H30F4O2. The molecule has 0 spiro atoms. The Hall–Kier alpha value is -1.14. The SMILES string of the molecule is CCCC1CCC(c2ccc(C3COC(CCC)OC3)c(F)c2F)C(F)(F)C1. The first-order valence-corrected chi connectivity index (χ1v) is 10.5. The van der Waals surface area contributed by atoms with Gasteiger partial charge in [0.1, 0.15) is 0 Å². The smallest absolute Gasteiger partial charge is 0.255 e. The van der Waals surface area contributed by atoms with E-state index in [-0.39, 0.29) is 49.4 Å². The normalized spacial score (nSPS) is 30.4. The fourth-order valence-electron chi connectivity index (χ4n) is 4.57. The molecule has 1 heterocycles. The van der Waals surface area contributed by atoms with Crippen molar-refractivity contribution in [2.24, 2.45) is 5.92 Å². The van der Waals surface area contributed by atoms with Crippen molar-refractivity contribution < 1.29 is 27.0 Å². The molecule has 6 heteroatoms. The van der Waals surface area contributed by atoms with E-state index in [2.05, 4.69) is 0 Å². The number of halogens is 4. The number of hydrogen-bond donors (Lipinski definition) is 0. The fraction of sp³-hybridized carbons (Fsp3) is 0.727. The van der Waals surface area contributed by atoms with Crippen LogP contribution in [0.25, 0.3) is 0 Å². The second-order valence-electron chi connectivity index (χ2n) is 8.20. The maximum Gasteiger partial charge on any atom is 0.255 e. The number of rotatable bonds is 6. The second kappa shape index (κ2) is 9.12. The summed E-state index contributed by atoms with van der Waals surface area (Å²) in [5.74, 6) is -6.95. The van der Waals surface area contributed by atoms with Crippen LogP contribution >= 0.6 is 0 Å². The van der Waals surface area contributed by atoms with Crippen LogP contribution in [-0.4, -0.2) is 25.4 Å².